The Morgan fingerprint density at radius 1 is 1.13 bits per heavy atom. The van der Waals surface area contributed by atoms with Crippen molar-refractivity contribution in [1.29, 1.82) is 0 Å². The molecule has 30 heavy (non-hydrogen) atoms. The number of carbonyl (C=O) groups excluding carboxylic acids is 1. The lowest BCUT2D eigenvalue weighted by molar-refractivity contribution is -0.115. The molecule has 1 heterocycles. The lowest BCUT2D eigenvalue weighted by Gasteiger charge is -2.15. The van der Waals surface area contributed by atoms with Gasteiger partial charge in [-0.15, -0.1) is 0 Å². The number of anilines is 1. The summed E-state index contributed by atoms with van der Waals surface area (Å²) in [4.78, 5) is 16.4. The minimum atomic E-state index is -0.198. The first kappa shape index (κ1) is 22.6. The molecule has 0 bridgehead atoms. The normalized spacial score (nSPS) is 10.9. The van der Waals surface area contributed by atoms with Crippen molar-refractivity contribution in [2.45, 2.75) is 33.1 Å². The number of hydrogen-bond acceptors (Lipinski definition) is 3. The van der Waals surface area contributed by atoms with Gasteiger partial charge < -0.3 is 10.1 Å². The minimum Gasteiger partial charge on any atom is -0.454 e. The number of pyridine rings is 1. The van der Waals surface area contributed by atoms with Crippen LogP contribution < -0.4 is 10.1 Å². The van der Waals surface area contributed by atoms with Gasteiger partial charge in [0.25, 0.3) is 0 Å². The van der Waals surface area contributed by atoms with Crippen LogP contribution in [0, 0.1) is 6.92 Å². The van der Waals surface area contributed by atoms with Gasteiger partial charge >= 0.3 is 0 Å². The Morgan fingerprint density at radius 2 is 1.83 bits per heavy atom. The van der Waals surface area contributed by atoms with Crippen LogP contribution in [0.25, 0.3) is 0 Å². The van der Waals surface area contributed by atoms with Crippen molar-refractivity contribution in [3.63, 3.8) is 0 Å². The SMILES string of the molecule is Cc1ccc(Oc2c(Cl)cc(NC(=O)Cc3cncc(Br)c3)cc2Cl)cc1C(C)C. The quantitative estimate of drug-likeness (QED) is 0.374. The summed E-state index contributed by atoms with van der Waals surface area (Å²) in [5, 5.41) is 3.43. The Balaban J connectivity index is 1.75. The fraction of sp³-hybridized carbons (Fsp3) is 0.217. The number of nitrogens with zero attached hydrogens (tertiary/aromatic N) is 1. The molecule has 0 fully saturated rings. The van der Waals surface area contributed by atoms with E-state index in [2.05, 4.69) is 47.0 Å². The first-order chi connectivity index (χ1) is 14.2. The first-order valence-corrected chi connectivity index (χ1v) is 10.9. The highest BCUT2D eigenvalue weighted by atomic mass is 79.9. The molecule has 0 saturated carbocycles. The predicted octanol–water partition coefficient (Wildman–Crippen LogP) is 7.56. The maximum atomic E-state index is 12.4. The molecule has 1 aromatic heterocycles. The highest BCUT2D eigenvalue weighted by Gasteiger charge is 2.14. The summed E-state index contributed by atoms with van der Waals surface area (Å²) in [6.07, 6.45) is 3.49. The van der Waals surface area contributed by atoms with Crippen LogP contribution in [0.2, 0.25) is 10.0 Å². The number of nitrogens with one attached hydrogen (secondary N) is 1. The third kappa shape index (κ3) is 5.75. The predicted molar refractivity (Wildman–Crippen MR) is 126 cm³/mol. The molecule has 156 valence electrons. The van der Waals surface area contributed by atoms with E-state index in [4.69, 9.17) is 27.9 Å². The summed E-state index contributed by atoms with van der Waals surface area (Å²) >= 11 is 16.2. The minimum absolute atomic E-state index is 0.182. The van der Waals surface area contributed by atoms with Gasteiger partial charge in [0, 0.05) is 22.6 Å². The molecule has 7 heteroatoms. The van der Waals surface area contributed by atoms with Crippen LogP contribution >= 0.6 is 39.1 Å². The molecular weight excluding hydrogens is 487 g/mol. The van der Waals surface area contributed by atoms with E-state index in [1.54, 1.807) is 24.5 Å². The Kier molecular flexibility index (Phi) is 7.40. The second-order valence-corrected chi connectivity index (χ2v) is 9.01. The summed E-state index contributed by atoms with van der Waals surface area (Å²) in [5.74, 6) is 1.19. The van der Waals surface area contributed by atoms with Crippen LogP contribution in [0.1, 0.15) is 36.5 Å². The van der Waals surface area contributed by atoms with Gasteiger partial charge in [-0.25, -0.2) is 0 Å². The molecular formula is C23H21BrCl2N2O2. The average Bonchev–Trinajstić information content (AvgIpc) is 2.65. The van der Waals surface area contributed by atoms with Gasteiger partial charge in [-0.1, -0.05) is 43.1 Å². The fourth-order valence-electron chi connectivity index (χ4n) is 3.09. The van der Waals surface area contributed by atoms with Crippen molar-refractivity contribution in [3.05, 3.63) is 80.0 Å². The highest BCUT2D eigenvalue weighted by Crippen LogP contribution is 2.39. The van der Waals surface area contributed by atoms with Gasteiger partial charge in [-0.05, 0) is 75.8 Å². The highest BCUT2D eigenvalue weighted by molar-refractivity contribution is 9.10. The Hall–Kier alpha value is -2.08. The van der Waals surface area contributed by atoms with E-state index in [9.17, 15) is 4.79 Å². The topological polar surface area (TPSA) is 51.2 Å². The van der Waals surface area contributed by atoms with Crippen LogP contribution in [-0.4, -0.2) is 10.9 Å². The van der Waals surface area contributed by atoms with Crippen molar-refractivity contribution < 1.29 is 9.53 Å². The zero-order valence-corrected chi connectivity index (χ0v) is 19.9. The Labute approximate surface area is 194 Å². The number of rotatable bonds is 6. The number of hydrogen-bond donors (Lipinski definition) is 1. The standard InChI is InChI=1S/C23H21BrCl2N2O2/c1-13(2)19-10-18(5-4-14(19)3)30-23-20(25)8-17(9-21(23)26)28-22(29)7-15-6-16(24)12-27-11-15/h4-6,8-13H,7H2,1-3H3,(H,28,29). The van der Waals surface area contributed by atoms with E-state index in [1.807, 2.05) is 24.3 Å². The third-order valence-corrected chi connectivity index (χ3v) is 5.50. The molecule has 0 aliphatic carbocycles. The maximum Gasteiger partial charge on any atom is 0.228 e. The molecule has 0 aliphatic heterocycles. The number of carbonyl (C=O) groups is 1. The van der Waals surface area contributed by atoms with E-state index < -0.39 is 0 Å². The van der Waals surface area contributed by atoms with E-state index in [0.29, 0.717) is 33.1 Å². The van der Waals surface area contributed by atoms with Crippen molar-refractivity contribution in [3.8, 4) is 11.5 Å². The third-order valence-electron chi connectivity index (χ3n) is 4.50. The van der Waals surface area contributed by atoms with Gasteiger partial charge in [0.1, 0.15) is 5.75 Å². The molecule has 0 spiro atoms. The van der Waals surface area contributed by atoms with Crippen LogP contribution in [0.5, 0.6) is 11.5 Å². The fourth-order valence-corrected chi connectivity index (χ4v) is 4.07. The average molecular weight is 508 g/mol. The molecule has 3 rings (SSSR count). The van der Waals surface area contributed by atoms with Crippen LogP contribution in [-0.2, 0) is 11.2 Å². The second-order valence-electron chi connectivity index (χ2n) is 7.28. The van der Waals surface area contributed by atoms with E-state index >= 15 is 0 Å². The molecule has 2 aromatic carbocycles. The summed E-state index contributed by atoms with van der Waals surface area (Å²) in [6, 6.07) is 11.0. The number of ether oxygens (including phenoxy) is 1. The van der Waals surface area contributed by atoms with Crippen molar-refractivity contribution in [2.24, 2.45) is 0 Å². The van der Waals surface area contributed by atoms with Crippen molar-refractivity contribution in [1.82, 2.24) is 4.98 Å². The Morgan fingerprint density at radius 3 is 2.47 bits per heavy atom. The largest absolute Gasteiger partial charge is 0.454 e. The number of aromatic nitrogens is 1. The monoisotopic (exact) mass is 506 g/mol. The van der Waals surface area contributed by atoms with Gasteiger partial charge in [0.2, 0.25) is 5.91 Å². The van der Waals surface area contributed by atoms with Crippen molar-refractivity contribution in [2.75, 3.05) is 5.32 Å². The summed E-state index contributed by atoms with van der Waals surface area (Å²) in [7, 11) is 0. The van der Waals surface area contributed by atoms with Crippen molar-refractivity contribution >= 4 is 50.7 Å². The Bertz CT molecular complexity index is 1060. The van der Waals surface area contributed by atoms with Crippen LogP contribution in [0.4, 0.5) is 5.69 Å². The first-order valence-electron chi connectivity index (χ1n) is 9.39. The van der Waals surface area contributed by atoms with Crippen LogP contribution in [0.3, 0.4) is 0 Å². The lowest BCUT2D eigenvalue weighted by Crippen LogP contribution is -2.14. The number of aryl methyl sites for hydroxylation is 1. The maximum absolute atomic E-state index is 12.4. The molecule has 1 N–H and O–H groups in total. The smallest absolute Gasteiger partial charge is 0.228 e. The molecule has 0 atom stereocenters. The molecule has 0 unspecified atom stereocenters. The summed E-state index contributed by atoms with van der Waals surface area (Å²) in [6.45, 7) is 6.34. The number of halogens is 3. The summed E-state index contributed by atoms with van der Waals surface area (Å²) < 4.78 is 6.78. The molecule has 0 aliphatic rings. The molecule has 1 amide bonds. The summed E-state index contributed by atoms with van der Waals surface area (Å²) in [5.41, 5.74) is 3.69. The molecule has 0 saturated heterocycles. The van der Waals surface area contributed by atoms with E-state index in [0.717, 1.165) is 10.0 Å². The van der Waals surface area contributed by atoms with E-state index in [-0.39, 0.29) is 12.3 Å². The van der Waals surface area contributed by atoms with Gasteiger partial charge in [-0.2, -0.15) is 0 Å². The zero-order valence-electron chi connectivity index (χ0n) is 16.8. The lowest BCUT2D eigenvalue weighted by atomic mass is 9.98. The molecule has 3 aromatic rings. The van der Waals surface area contributed by atoms with Crippen LogP contribution in [0.15, 0.2) is 53.3 Å². The number of amides is 1. The molecule has 0 radical (unpaired) electrons. The zero-order chi connectivity index (χ0) is 21.8. The van der Waals surface area contributed by atoms with Gasteiger partial charge in [0.05, 0.1) is 16.5 Å². The second kappa shape index (κ2) is 9.82. The number of benzene rings is 2. The van der Waals surface area contributed by atoms with Gasteiger partial charge in [-0.3, -0.25) is 9.78 Å². The van der Waals surface area contributed by atoms with Gasteiger partial charge in [0.15, 0.2) is 5.75 Å². The van der Waals surface area contributed by atoms with E-state index in [1.165, 1.54) is 11.1 Å². The molecule has 4 nitrogen and oxygen atoms in total.